The lowest BCUT2D eigenvalue weighted by Crippen LogP contribution is -2.35. The summed E-state index contributed by atoms with van der Waals surface area (Å²) in [4.78, 5) is 0. The summed E-state index contributed by atoms with van der Waals surface area (Å²) in [6.07, 6.45) is -2.36. The maximum atomic E-state index is 13.7. The largest absolute Gasteiger partial charge is 0.381 e. The highest BCUT2D eigenvalue weighted by Crippen LogP contribution is 2.43. The van der Waals surface area contributed by atoms with Crippen molar-refractivity contribution in [1.82, 2.24) is 4.57 Å². The molecule has 3 rings (SSSR count). The van der Waals surface area contributed by atoms with Crippen molar-refractivity contribution in [2.75, 3.05) is 0 Å². The Balaban J connectivity index is 2.18. The molecule has 0 amide bonds. The second-order valence-corrected chi connectivity index (χ2v) is 5.50. The Labute approximate surface area is 125 Å². The number of aryl methyl sites for hydroxylation is 1. The zero-order chi connectivity index (χ0) is 16.1. The number of fused-ring (bicyclic) bond motifs is 1. The molecule has 0 aliphatic carbocycles. The summed E-state index contributed by atoms with van der Waals surface area (Å²) in [5, 5.41) is 18.8. The van der Waals surface area contributed by atoms with Crippen molar-refractivity contribution in [3.05, 3.63) is 46.9 Å². The van der Waals surface area contributed by atoms with Gasteiger partial charge in [0.15, 0.2) is 6.10 Å². The molecule has 2 aromatic rings. The first kappa shape index (κ1) is 14.7. The summed E-state index contributed by atoms with van der Waals surface area (Å²) in [5.74, 6) is -3.74. The second kappa shape index (κ2) is 4.89. The molecule has 1 aromatic heterocycles. The number of aliphatic hydroxyl groups excluding tert-OH is 1. The van der Waals surface area contributed by atoms with Crippen molar-refractivity contribution < 1.29 is 18.3 Å². The molecule has 0 saturated heterocycles. The molecule has 1 unspecified atom stereocenters. The molecule has 1 aliphatic rings. The highest BCUT2D eigenvalue weighted by Gasteiger charge is 2.45. The molecule has 0 fully saturated rings. The lowest BCUT2D eigenvalue weighted by Gasteiger charge is -2.31. The summed E-state index contributed by atoms with van der Waals surface area (Å²) in [7, 11) is 0. The predicted molar refractivity (Wildman–Crippen MR) is 73.8 cm³/mol. The number of aromatic nitrogens is 1. The molecule has 0 saturated carbocycles. The van der Waals surface area contributed by atoms with Crippen LogP contribution in [-0.2, 0) is 6.54 Å². The third-order valence-corrected chi connectivity index (χ3v) is 3.99. The van der Waals surface area contributed by atoms with E-state index in [-0.39, 0.29) is 17.8 Å². The van der Waals surface area contributed by atoms with Gasteiger partial charge in [-0.1, -0.05) is 0 Å². The normalized spacial score (nSPS) is 19.5. The Bertz CT molecular complexity index is 789. The molecule has 1 N–H and O–H groups in total. The van der Waals surface area contributed by atoms with Gasteiger partial charge in [0.1, 0.15) is 5.82 Å². The molecule has 1 aliphatic heterocycles. The smallest absolute Gasteiger partial charge is 0.280 e. The fourth-order valence-electron chi connectivity index (χ4n) is 2.94. The van der Waals surface area contributed by atoms with Gasteiger partial charge in [0, 0.05) is 24.2 Å². The molecule has 3 nitrogen and oxygen atoms in total. The standard InChI is InChI=1S/C16H13F3N2O/c1-9-4-13(11-5-10(8-20)6-12(17)7-11)21-3-2-16(18,19)15(22)14(9)21/h4-7,15,22H,2-3H2,1H3. The summed E-state index contributed by atoms with van der Waals surface area (Å²) >= 11 is 0. The monoisotopic (exact) mass is 306 g/mol. The van der Waals surface area contributed by atoms with Gasteiger partial charge >= 0.3 is 0 Å². The number of aliphatic hydroxyl groups is 1. The van der Waals surface area contributed by atoms with Gasteiger partial charge < -0.3 is 9.67 Å². The van der Waals surface area contributed by atoms with Crippen LogP contribution in [-0.4, -0.2) is 15.6 Å². The second-order valence-electron chi connectivity index (χ2n) is 5.50. The van der Waals surface area contributed by atoms with E-state index < -0.39 is 24.3 Å². The van der Waals surface area contributed by atoms with E-state index in [0.717, 1.165) is 6.07 Å². The van der Waals surface area contributed by atoms with Gasteiger partial charge in [0.05, 0.1) is 17.3 Å². The van der Waals surface area contributed by atoms with E-state index in [9.17, 15) is 18.3 Å². The number of nitrogens with zero attached hydrogens (tertiary/aromatic N) is 2. The third kappa shape index (κ3) is 2.18. The Hall–Kier alpha value is -2.26. The average molecular weight is 306 g/mol. The van der Waals surface area contributed by atoms with Gasteiger partial charge in [0.2, 0.25) is 0 Å². The number of nitriles is 1. The van der Waals surface area contributed by atoms with Gasteiger partial charge in [-0.3, -0.25) is 0 Å². The van der Waals surface area contributed by atoms with Crippen LogP contribution in [0.15, 0.2) is 24.3 Å². The van der Waals surface area contributed by atoms with Gasteiger partial charge in [-0.25, -0.2) is 13.2 Å². The van der Waals surface area contributed by atoms with E-state index in [1.54, 1.807) is 17.6 Å². The van der Waals surface area contributed by atoms with Crippen LogP contribution in [0.5, 0.6) is 0 Å². The maximum absolute atomic E-state index is 13.7. The van der Waals surface area contributed by atoms with E-state index in [1.165, 1.54) is 12.1 Å². The zero-order valence-corrected chi connectivity index (χ0v) is 11.8. The lowest BCUT2D eigenvalue weighted by atomic mass is 10.0. The number of halogens is 3. The van der Waals surface area contributed by atoms with Crippen LogP contribution in [0, 0.1) is 24.1 Å². The minimum absolute atomic E-state index is 0.0287. The van der Waals surface area contributed by atoms with Crippen molar-refractivity contribution in [2.45, 2.75) is 31.9 Å². The third-order valence-electron chi connectivity index (χ3n) is 3.99. The molecule has 0 radical (unpaired) electrons. The highest BCUT2D eigenvalue weighted by atomic mass is 19.3. The Morgan fingerprint density at radius 1 is 1.32 bits per heavy atom. The topological polar surface area (TPSA) is 49.0 Å². The predicted octanol–water partition coefficient (Wildman–Crippen LogP) is 3.55. The maximum Gasteiger partial charge on any atom is 0.280 e. The Kier molecular flexibility index (Phi) is 3.26. The van der Waals surface area contributed by atoms with Gasteiger partial charge in [-0.2, -0.15) is 5.26 Å². The molecule has 0 spiro atoms. The number of alkyl halides is 2. The van der Waals surface area contributed by atoms with Gasteiger partial charge in [-0.15, -0.1) is 0 Å². The van der Waals surface area contributed by atoms with E-state index in [4.69, 9.17) is 5.26 Å². The van der Waals surface area contributed by atoms with Crippen LogP contribution in [0.1, 0.15) is 29.3 Å². The molecule has 0 bridgehead atoms. The summed E-state index contributed by atoms with van der Waals surface area (Å²) in [6, 6.07) is 7.37. The van der Waals surface area contributed by atoms with E-state index in [2.05, 4.69) is 0 Å². The van der Waals surface area contributed by atoms with Crippen LogP contribution in [0.4, 0.5) is 13.2 Å². The van der Waals surface area contributed by atoms with E-state index in [0.29, 0.717) is 16.8 Å². The minimum atomic E-state index is -3.17. The molecule has 22 heavy (non-hydrogen) atoms. The van der Waals surface area contributed by atoms with Crippen LogP contribution in [0.2, 0.25) is 0 Å². The van der Waals surface area contributed by atoms with Crippen molar-refractivity contribution in [1.29, 1.82) is 5.26 Å². The molecule has 6 heteroatoms. The first-order valence-corrected chi connectivity index (χ1v) is 6.80. The number of rotatable bonds is 1. The van der Waals surface area contributed by atoms with Crippen molar-refractivity contribution in [2.24, 2.45) is 0 Å². The summed E-state index contributed by atoms with van der Waals surface area (Å²) in [6.45, 7) is 1.66. The summed E-state index contributed by atoms with van der Waals surface area (Å²) < 4.78 is 42.6. The van der Waals surface area contributed by atoms with Crippen LogP contribution in [0.3, 0.4) is 0 Å². The first-order chi connectivity index (χ1) is 10.3. The van der Waals surface area contributed by atoms with Crippen LogP contribution < -0.4 is 0 Å². The molecule has 1 atom stereocenters. The highest BCUT2D eigenvalue weighted by molar-refractivity contribution is 5.65. The Morgan fingerprint density at radius 3 is 2.73 bits per heavy atom. The number of hydrogen-bond acceptors (Lipinski definition) is 2. The van der Waals surface area contributed by atoms with Crippen molar-refractivity contribution in [3.63, 3.8) is 0 Å². The van der Waals surface area contributed by atoms with E-state index >= 15 is 0 Å². The molecular formula is C16H13F3N2O. The number of benzene rings is 1. The Morgan fingerprint density at radius 2 is 2.05 bits per heavy atom. The molecule has 1 aromatic carbocycles. The van der Waals surface area contributed by atoms with Crippen LogP contribution in [0.25, 0.3) is 11.3 Å². The zero-order valence-electron chi connectivity index (χ0n) is 11.8. The summed E-state index contributed by atoms with van der Waals surface area (Å²) in [5.41, 5.74) is 1.78. The quantitative estimate of drug-likeness (QED) is 0.876. The number of hydrogen-bond donors (Lipinski definition) is 1. The minimum Gasteiger partial charge on any atom is -0.381 e. The van der Waals surface area contributed by atoms with Crippen molar-refractivity contribution in [3.8, 4) is 17.3 Å². The average Bonchev–Trinajstić information content (AvgIpc) is 2.80. The van der Waals surface area contributed by atoms with Gasteiger partial charge in [-0.05, 0) is 36.8 Å². The molecular weight excluding hydrogens is 293 g/mol. The van der Waals surface area contributed by atoms with Crippen LogP contribution >= 0.6 is 0 Å². The lowest BCUT2D eigenvalue weighted by molar-refractivity contribution is -0.131. The first-order valence-electron chi connectivity index (χ1n) is 6.80. The SMILES string of the molecule is Cc1cc(-c2cc(F)cc(C#N)c2)n2c1C(O)C(F)(F)CC2. The van der Waals surface area contributed by atoms with Crippen molar-refractivity contribution >= 4 is 0 Å². The fraction of sp³-hybridized carbons (Fsp3) is 0.312. The molecule has 114 valence electrons. The van der Waals surface area contributed by atoms with E-state index in [1.807, 2.05) is 6.07 Å². The van der Waals surface area contributed by atoms with Gasteiger partial charge in [0.25, 0.3) is 5.92 Å². The fourth-order valence-corrected chi connectivity index (χ4v) is 2.94. The molecule has 2 heterocycles.